The summed E-state index contributed by atoms with van der Waals surface area (Å²) in [5, 5.41) is 0. The maximum absolute atomic E-state index is 11.4. The van der Waals surface area contributed by atoms with Crippen LogP contribution in [0, 0.1) is 45.3 Å². The van der Waals surface area contributed by atoms with Crippen molar-refractivity contribution < 1.29 is 9.53 Å². The molecule has 0 saturated heterocycles. The third-order valence-corrected chi connectivity index (χ3v) is 10.1. The van der Waals surface area contributed by atoms with Crippen LogP contribution in [0.5, 0.6) is 0 Å². The lowest BCUT2D eigenvalue weighted by atomic mass is 9.39. The molecule has 0 aromatic carbocycles. The van der Waals surface area contributed by atoms with Crippen molar-refractivity contribution in [3.63, 3.8) is 0 Å². The van der Waals surface area contributed by atoms with Crippen molar-refractivity contribution >= 4 is 5.97 Å². The maximum atomic E-state index is 11.4. The Labute approximate surface area is 147 Å². The molecule has 6 fully saturated rings. The highest BCUT2D eigenvalue weighted by Gasteiger charge is 2.78. The molecule has 8 atom stereocenters. The standard InChI is InChI=1S/C22H34O2/c1-14(23)24-13-19(2)7-5-8-20(3)17(19)6-9-22-11-16-15(10-18(20)22)21(16,4)12-22/h15-18H,5-13H2,1-4H3/t15-,16+,17-,18+,19-,20-,21-,22+/m1/s1. The van der Waals surface area contributed by atoms with Gasteiger partial charge in [0, 0.05) is 12.3 Å². The van der Waals surface area contributed by atoms with Crippen molar-refractivity contribution in [2.24, 2.45) is 45.3 Å². The van der Waals surface area contributed by atoms with Crippen molar-refractivity contribution in [3.05, 3.63) is 0 Å². The number of ether oxygens (including phenoxy) is 1. The highest BCUT2D eigenvalue weighted by atomic mass is 16.5. The van der Waals surface area contributed by atoms with Crippen LogP contribution in [0.1, 0.15) is 79.1 Å². The first kappa shape index (κ1) is 15.7. The number of hydrogen-bond donors (Lipinski definition) is 0. The smallest absolute Gasteiger partial charge is 0.302 e. The quantitative estimate of drug-likeness (QED) is 0.650. The van der Waals surface area contributed by atoms with E-state index >= 15 is 0 Å². The summed E-state index contributed by atoms with van der Waals surface area (Å²) < 4.78 is 5.56. The van der Waals surface area contributed by atoms with Crippen LogP contribution in [0.25, 0.3) is 0 Å². The normalized spacial score (nSPS) is 60.2. The van der Waals surface area contributed by atoms with E-state index in [4.69, 9.17) is 4.74 Å². The van der Waals surface area contributed by atoms with Gasteiger partial charge in [0.1, 0.15) is 0 Å². The van der Waals surface area contributed by atoms with Crippen molar-refractivity contribution in [1.82, 2.24) is 0 Å². The molecule has 0 aromatic heterocycles. The van der Waals surface area contributed by atoms with E-state index in [1.54, 1.807) is 13.3 Å². The van der Waals surface area contributed by atoms with Gasteiger partial charge in [0.2, 0.25) is 0 Å². The lowest BCUT2D eigenvalue weighted by molar-refractivity contribution is -0.181. The minimum atomic E-state index is -0.107. The molecular formula is C22H34O2. The van der Waals surface area contributed by atoms with E-state index in [9.17, 15) is 4.79 Å². The molecule has 134 valence electrons. The van der Waals surface area contributed by atoms with Crippen LogP contribution >= 0.6 is 0 Å². The summed E-state index contributed by atoms with van der Waals surface area (Å²) in [7, 11) is 0. The fourth-order valence-electron chi connectivity index (χ4n) is 9.19. The molecule has 6 aliphatic rings. The van der Waals surface area contributed by atoms with Crippen LogP contribution in [0.15, 0.2) is 0 Å². The van der Waals surface area contributed by atoms with Gasteiger partial charge in [-0.1, -0.05) is 27.2 Å². The van der Waals surface area contributed by atoms with Gasteiger partial charge in [-0.05, 0) is 84.9 Å². The molecule has 0 N–H and O–H groups in total. The lowest BCUT2D eigenvalue weighted by Crippen LogP contribution is -2.58. The Morgan fingerprint density at radius 2 is 1.83 bits per heavy atom. The Bertz CT molecular complexity index is 599. The molecular weight excluding hydrogens is 296 g/mol. The number of hydrogen-bond acceptors (Lipinski definition) is 2. The van der Waals surface area contributed by atoms with Gasteiger partial charge in [0.25, 0.3) is 0 Å². The zero-order valence-electron chi connectivity index (χ0n) is 16.0. The number of rotatable bonds is 2. The molecule has 6 saturated carbocycles. The SMILES string of the molecule is CC(=O)OC[C@@]1(C)CCC[C@]2(C)[C@@H]1CC[C@@]13C[C@H]4[C@@H](C[C@H]12)[C@@]4(C)C3. The number of carbonyl (C=O) groups is 1. The number of esters is 1. The van der Waals surface area contributed by atoms with Crippen molar-refractivity contribution in [2.75, 3.05) is 6.61 Å². The van der Waals surface area contributed by atoms with E-state index in [1.807, 2.05) is 0 Å². The second-order valence-electron chi connectivity index (χ2n) is 11.1. The summed E-state index contributed by atoms with van der Waals surface area (Å²) in [4.78, 5) is 11.4. The predicted octanol–water partition coefficient (Wildman–Crippen LogP) is 5.21. The number of carbonyl (C=O) groups excluding carboxylic acids is 1. The minimum Gasteiger partial charge on any atom is -0.465 e. The molecule has 1 spiro atoms. The Morgan fingerprint density at radius 1 is 1.04 bits per heavy atom. The van der Waals surface area contributed by atoms with E-state index in [0.29, 0.717) is 17.4 Å². The molecule has 2 nitrogen and oxygen atoms in total. The maximum Gasteiger partial charge on any atom is 0.302 e. The average molecular weight is 331 g/mol. The summed E-state index contributed by atoms with van der Waals surface area (Å²) in [5.41, 5.74) is 2.10. The van der Waals surface area contributed by atoms with Crippen LogP contribution in [0.2, 0.25) is 0 Å². The Hall–Kier alpha value is -0.530. The first-order chi connectivity index (χ1) is 11.2. The summed E-state index contributed by atoms with van der Waals surface area (Å²) in [5.74, 6) is 3.70. The van der Waals surface area contributed by atoms with Crippen molar-refractivity contribution in [1.29, 1.82) is 0 Å². The lowest BCUT2D eigenvalue weighted by Gasteiger charge is -2.65. The van der Waals surface area contributed by atoms with Gasteiger partial charge in [-0.3, -0.25) is 4.79 Å². The molecule has 0 radical (unpaired) electrons. The summed E-state index contributed by atoms with van der Waals surface area (Å²) in [6, 6.07) is 0. The molecule has 6 aliphatic carbocycles. The molecule has 4 bridgehead atoms. The minimum absolute atomic E-state index is 0.107. The molecule has 0 heterocycles. The van der Waals surface area contributed by atoms with E-state index in [0.717, 1.165) is 29.1 Å². The van der Waals surface area contributed by atoms with Gasteiger partial charge in [-0.2, -0.15) is 0 Å². The van der Waals surface area contributed by atoms with Crippen LogP contribution in [0.3, 0.4) is 0 Å². The van der Waals surface area contributed by atoms with Gasteiger partial charge in [-0.15, -0.1) is 0 Å². The van der Waals surface area contributed by atoms with E-state index in [2.05, 4.69) is 20.8 Å². The second kappa shape index (κ2) is 4.41. The second-order valence-corrected chi connectivity index (χ2v) is 11.1. The highest BCUT2D eigenvalue weighted by molar-refractivity contribution is 5.65. The average Bonchev–Trinajstić information content (AvgIpc) is 2.96. The van der Waals surface area contributed by atoms with Crippen LogP contribution in [-0.2, 0) is 9.53 Å². The highest BCUT2D eigenvalue weighted by Crippen LogP contribution is 2.85. The molecule has 0 amide bonds. The largest absolute Gasteiger partial charge is 0.465 e. The Morgan fingerprint density at radius 3 is 2.50 bits per heavy atom. The van der Waals surface area contributed by atoms with Crippen molar-refractivity contribution in [3.8, 4) is 0 Å². The Balaban J connectivity index is 1.46. The van der Waals surface area contributed by atoms with Gasteiger partial charge >= 0.3 is 5.97 Å². The van der Waals surface area contributed by atoms with E-state index in [-0.39, 0.29) is 11.4 Å². The fourth-order valence-corrected chi connectivity index (χ4v) is 9.19. The fraction of sp³-hybridized carbons (Fsp3) is 0.955. The van der Waals surface area contributed by atoms with Gasteiger partial charge in [-0.25, -0.2) is 0 Å². The van der Waals surface area contributed by atoms with Gasteiger partial charge < -0.3 is 4.74 Å². The monoisotopic (exact) mass is 330 g/mol. The van der Waals surface area contributed by atoms with E-state index in [1.165, 1.54) is 44.9 Å². The van der Waals surface area contributed by atoms with Crippen LogP contribution in [0.4, 0.5) is 0 Å². The van der Waals surface area contributed by atoms with E-state index < -0.39 is 0 Å². The number of fused-ring (bicyclic) bond motifs is 1. The molecule has 24 heavy (non-hydrogen) atoms. The molecule has 2 heteroatoms. The molecule has 0 aliphatic heterocycles. The third-order valence-electron chi connectivity index (χ3n) is 10.1. The topological polar surface area (TPSA) is 26.3 Å². The molecule has 0 aromatic rings. The summed E-state index contributed by atoms with van der Waals surface area (Å²) in [6.45, 7) is 9.85. The van der Waals surface area contributed by atoms with Crippen molar-refractivity contribution in [2.45, 2.75) is 79.1 Å². The van der Waals surface area contributed by atoms with Gasteiger partial charge in [0.15, 0.2) is 0 Å². The summed E-state index contributed by atoms with van der Waals surface area (Å²) >= 11 is 0. The third kappa shape index (κ3) is 1.71. The van der Waals surface area contributed by atoms with Crippen LogP contribution in [-0.4, -0.2) is 12.6 Å². The Kier molecular flexibility index (Phi) is 2.88. The zero-order valence-corrected chi connectivity index (χ0v) is 16.0. The van der Waals surface area contributed by atoms with Crippen LogP contribution < -0.4 is 0 Å². The molecule has 6 rings (SSSR count). The zero-order chi connectivity index (χ0) is 17.0. The first-order valence-electron chi connectivity index (χ1n) is 10.4. The van der Waals surface area contributed by atoms with Gasteiger partial charge in [0.05, 0.1) is 6.61 Å². The summed E-state index contributed by atoms with van der Waals surface area (Å²) in [6.07, 6.45) is 11.4. The predicted molar refractivity (Wildman–Crippen MR) is 94.3 cm³/mol. The molecule has 0 unspecified atom stereocenters. The first-order valence-corrected chi connectivity index (χ1v) is 10.4.